The monoisotopic (exact) mass is 276 g/mol. The highest BCUT2D eigenvalue weighted by molar-refractivity contribution is 7.92. The van der Waals surface area contributed by atoms with E-state index >= 15 is 0 Å². The smallest absolute Gasteiger partial charge is 0.235 e. The van der Waals surface area contributed by atoms with Crippen LogP contribution in [0.15, 0.2) is 0 Å². The molecule has 0 heterocycles. The maximum Gasteiger partial charge on any atom is 0.235 e. The molecule has 2 N–H and O–H groups in total. The van der Waals surface area contributed by atoms with Crippen LogP contribution in [0.25, 0.3) is 0 Å². The summed E-state index contributed by atoms with van der Waals surface area (Å²) in [4.78, 5) is 11.4. The molecule has 3 unspecified atom stereocenters. The molecule has 5 nitrogen and oxygen atoms in total. The molecule has 0 spiro atoms. The molecule has 1 aliphatic carbocycles. The lowest BCUT2D eigenvalue weighted by Gasteiger charge is -2.21. The lowest BCUT2D eigenvalue weighted by Crippen LogP contribution is -2.39. The largest absolute Gasteiger partial charge is 0.356 e. The van der Waals surface area contributed by atoms with Gasteiger partial charge in [0.15, 0.2) is 9.84 Å². The van der Waals surface area contributed by atoms with Gasteiger partial charge < -0.3 is 10.6 Å². The molecule has 0 bridgehead atoms. The van der Waals surface area contributed by atoms with Crippen LogP contribution in [0.4, 0.5) is 0 Å². The van der Waals surface area contributed by atoms with Crippen LogP contribution in [-0.4, -0.2) is 44.5 Å². The number of hydrogen-bond donors (Lipinski definition) is 2. The molecule has 0 aromatic rings. The Labute approximate surface area is 110 Å². The zero-order valence-electron chi connectivity index (χ0n) is 11.4. The highest BCUT2D eigenvalue weighted by Gasteiger charge is 2.40. The lowest BCUT2D eigenvalue weighted by molar-refractivity contribution is -0.118. The van der Waals surface area contributed by atoms with E-state index in [1.807, 2.05) is 13.8 Å². The van der Waals surface area contributed by atoms with E-state index in [4.69, 9.17) is 0 Å². The summed E-state index contributed by atoms with van der Waals surface area (Å²) in [5.74, 6) is -0.699. The summed E-state index contributed by atoms with van der Waals surface area (Å²) < 4.78 is 24.4. The molecule has 1 aliphatic rings. The zero-order valence-corrected chi connectivity index (χ0v) is 12.2. The molecule has 1 fully saturated rings. The average Bonchev–Trinajstić information content (AvgIpc) is 2.61. The Balaban J connectivity index is 2.66. The molecule has 0 saturated heterocycles. The predicted molar refractivity (Wildman–Crippen MR) is 72.1 cm³/mol. The molecular formula is C12H24N2O3S. The van der Waals surface area contributed by atoms with Gasteiger partial charge in [0.05, 0.1) is 5.25 Å². The van der Waals surface area contributed by atoms with Crippen molar-refractivity contribution in [1.82, 2.24) is 10.6 Å². The van der Waals surface area contributed by atoms with E-state index in [0.29, 0.717) is 13.0 Å². The van der Waals surface area contributed by atoms with E-state index in [0.717, 1.165) is 13.0 Å². The number of nitrogens with one attached hydrogen (secondary N) is 2. The summed E-state index contributed by atoms with van der Waals surface area (Å²) in [7, 11) is -3.33. The summed E-state index contributed by atoms with van der Waals surface area (Å²) in [5.41, 5.74) is 0. The summed E-state index contributed by atoms with van der Waals surface area (Å²) in [6.07, 6.45) is 1.52. The van der Waals surface area contributed by atoms with Crippen molar-refractivity contribution >= 4 is 15.7 Å². The van der Waals surface area contributed by atoms with Crippen molar-refractivity contribution < 1.29 is 13.2 Å². The first-order valence-electron chi connectivity index (χ1n) is 6.64. The number of carbonyl (C=O) groups excluding carboxylic acids is 1. The maximum absolute atomic E-state index is 12.2. The second-order valence-corrected chi connectivity index (χ2v) is 7.12. The van der Waals surface area contributed by atoms with Crippen LogP contribution >= 0.6 is 0 Å². The van der Waals surface area contributed by atoms with Gasteiger partial charge in [-0.3, -0.25) is 4.79 Å². The third kappa shape index (κ3) is 3.68. The number of rotatable bonds is 6. The second-order valence-electron chi connectivity index (χ2n) is 4.90. The fourth-order valence-electron chi connectivity index (χ4n) is 2.72. The minimum absolute atomic E-state index is 0.0735. The van der Waals surface area contributed by atoms with E-state index in [-0.39, 0.29) is 23.0 Å². The quantitative estimate of drug-likeness (QED) is 0.732. The molecule has 1 rings (SSSR count). The van der Waals surface area contributed by atoms with Crippen molar-refractivity contribution in [2.24, 2.45) is 5.92 Å². The van der Waals surface area contributed by atoms with E-state index in [9.17, 15) is 13.2 Å². The molecule has 0 aromatic heterocycles. The van der Waals surface area contributed by atoms with Gasteiger partial charge in [0, 0.05) is 12.6 Å². The second kappa shape index (κ2) is 6.52. The van der Waals surface area contributed by atoms with Crippen LogP contribution in [0.5, 0.6) is 0 Å². The van der Waals surface area contributed by atoms with Crippen molar-refractivity contribution in [3.63, 3.8) is 0 Å². The molecule has 0 radical (unpaired) electrons. The van der Waals surface area contributed by atoms with Gasteiger partial charge in [-0.15, -0.1) is 0 Å². The van der Waals surface area contributed by atoms with E-state index < -0.39 is 15.7 Å². The first kappa shape index (κ1) is 15.4. The standard InChI is InChI=1S/C12H24N2O3S/c1-4-13-10-6-7-11(9(10)3)18(16,17)8-12(15)14-5-2/h9-11,13H,4-8H2,1-3H3,(H,14,15). The molecular weight excluding hydrogens is 252 g/mol. The molecule has 18 heavy (non-hydrogen) atoms. The fourth-order valence-corrected chi connectivity index (χ4v) is 4.74. The highest BCUT2D eigenvalue weighted by Crippen LogP contribution is 2.31. The van der Waals surface area contributed by atoms with Crippen molar-refractivity contribution in [3.05, 3.63) is 0 Å². The topological polar surface area (TPSA) is 75.3 Å². The van der Waals surface area contributed by atoms with Crippen LogP contribution in [-0.2, 0) is 14.6 Å². The normalized spacial score (nSPS) is 28.3. The van der Waals surface area contributed by atoms with Crippen LogP contribution in [0, 0.1) is 5.92 Å². The van der Waals surface area contributed by atoms with Gasteiger partial charge in [0.25, 0.3) is 0 Å². The summed E-state index contributed by atoms with van der Waals surface area (Å²) in [6.45, 7) is 7.07. The first-order chi connectivity index (χ1) is 8.42. The van der Waals surface area contributed by atoms with E-state index in [1.165, 1.54) is 0 Å². The van der Waals surface area contributed by atoms with Crippen LogP contribution in [0.2, 0.25) is 0 Å². The van der Waals surface area contributed by atoms with Gasteiger partial charge >= 0.3 is 0 Å². The minimum atomic E-state index is -3.33. The fraction of sp³-hybridized carbons (Fsp3) is 0.917. The van der Waals surface area contributed by atoms with Gasteiger partial charge in [0.2, 0.25) is 5.91 Å². The predicted octanol–water partition coefficient (Wildman–Crippen LogP) is 0.314. The number of carbonyl (C=O) groups is 1. The summed E-state index contributed by atoms with van der Waals surface area (Å²) >= 11 is 0. The Kier molecular flexibility index (Phi) is 5.59. The highest BCUT2D eigenvalue weighted by atomic mass is 32.2. The Bertz CT molecular complexity index is 381. The third-order valence-corrected chi connectivity index (χ3v) is 5.87. The molecule has 6 heteroatoms. The van der Waals surface area contributed by atoms with Gasteiger partial charge in [-0.2, -0.15) is 0 Å². The van der Waals surface area contributed by atoms with Gasteiger partial charge in [0.1, 0.15) is 5.75 Å². The zero-order chi connectivity index (χ0) is 13.8. The minimum Gasteiger partial charge on any atom is -0.356 e. The number of hydrogen-bond acceptors (Lipinski definition) is 4. The molecule has 3 atom stereocenters. The van der Waals surface area contributed by atoms with Crippen molar-refractivity contribution in [3.8, 4) is 0 Å². The third-order valence-electron chi connectivity index (χ3n) is 3.62. The number of sulfone groups is 1. The Morgan fingerprint density at radius 2 is 1.89 bits per heavy atom. The number of amides is 1. The molecule has 1 saturated carbocycles. The van der Waals surface area contributed by atoms with Crippen molar-refractivity contribution in [2.45, 2.75) is 44.9 Å². The van der Waals surface area contributed by atoms with Gasteiger partial charge in [-0.1, -0.05) is 13.8 Å². The molecule has 106 valence electrons. The maximum atomic E-state index is 12.2. The van der Waals surface area contributed by atoms with Crippen molar-refractivity contribution in [1.29, 1.82) is 0 Å². The summed E-state index contributed by atoms with van der Waals surface area (Å²) in [5, 5.41) is 5.47. The van der Waals surface area contributed by atoms with Crippen LogP contribution < -0.4 is 10.6 Å². The van der Waals surface area contributed by atoms with Crippen LogP contribution in [0.3, 0.4) is 0 Å². The lowest BCUT2D eigenvalue weighted by atomic mass is 10.1. The van der Waals surface area contributed by atoms with E-state index in [1.54, 1.807) is 6.92 Å². The first-order valence-corrected chi connectivity index (χ1v) is 8.35. The average molecular weight is 276 g/mol. The molecule has 0 aromatic carbocycles. The SMILES string of the molecule is CCNC(=O)CS(=O)(=O)C1CCC(NCC)C1C. The molecule has 1 amide bonds. The van der Waals surface area contributed by atoms with Gasteiger partial charge in [-0.25, -0.2) is 8.42 Å². The van der Waals surface area contributed by atoms with E-state index in [2.05, 4.69) is 10.6 Å². The summed E-state index contributed by atoms with van der Waals surface area (Å²) in [6, 6.07) is 0.254. The van der Waals surface area contributed by atoms with Crippen molar-refractivity contribution in [2.75, 3.05) is 18.8 Å². The Hall–Kier alpha value is -0.620. The Morgan fingerprint density at radius 3 is 2.44 bits per heavy atom. The Morgan fingerprint density at radius 1 is 1.22 bits per heavy atom. The van der Waals surface area contributed by atoms with Gasteiger partial charge in [-0.05, 0) is 32.2 Å². The van der Waals surface area contributed by atoms with Crippen LogP contribution in [0.1, 0.15) is 33.6 Å². The molecule has 0 aliphatic heterocycles.